The van der Waals surface area contributed by atoms with Crippen molar-refractivity contribution in [3.63, 3.8) is 0 Å². The van der Waals surface area contributed by atoms with Crippen molar-refractivity contribution >= 4 is 29.9 Å². The fraction of sp³-hybridized carbons (Fsp3) is 0.571. The van der Waals surface area contributed by atoms with E-state index in [0.29, 0.717) is 25.0 Å². The molecule has 0 radical (unpaired) electrons. The molecule has 0 fully saturated rings. The monoisotopic (exact) mass is 407 g/mol. The van der Waals surface area contributed by atoms with Crippen LogP contribution in [0.4, 0.5) is 0 Å². The molecule has 0 amide bonds. The summed E-state index contributed by atoms with van der Waals surface area (Å²) < 4.78 is 5.58. The molecule has 0 saturated carbocycles. The number of rotatable bonds is 8. The molecule has 0 aliphatic heterocycles. The standard InChI is InChI=1S/C14H25N5O.HI/c1-4-6-17-14(15)18-11-12-5-7-16-13(10-12)20-9-8-19(2)3;/h5,7,10H,4,6,8-9,11H2,1-3H3,(H3,15,17,18);1H. The van der Waals surface area contributed by atoms with Crippen LogP contribution in [0.1, 0.15) is 18.9 Å². The lowest BCUT2D eigenvalue weighted by atomic mass is 10.3. The van der Waals surface area contributed by atoms with Crippen LogP contribution in [0.2, 0.25) is 0 Å². The Bertz CT molecular complexity index is 426. The molecule has 1 aromatic rings. The number of halogens is 1. The minimum Gasteiger partial charge on any atom is -0.476 e. The average Bonchev–Trinajstić information content (AvgIpc) is 2.43. The highest BCUT2D eigenvalue weighted by Crippen LogP contribution is 2.10. The maximum atomic E-state index is 5.75. The molecule has 0 aliphatic rings. The molecular formula is C14H26IN5O. The third kappa shape index (κ3) is 9.46. The van der Waals surface area contributed by atoms with Gasteiger partial charge < -0.3 is 20.7 Å². The van der Waals surface area contributed by atoms with Gasteiger partial charge in [0.1, 0.15) is 6.61 Å². The lowest BCUT2D eigenvalue weighted by Crippen LogP contribution is -2.32. The van der Waals surface area contributed by atoms with Crippen LogP contribution in [-0.4, -0.2) is 49.6 Å². The van der Waals surface area contributed by atoms with E-state index in [0.717, 1.165) is 25.1 Å². The van der Waals surface area contributed by atoms with Crippen LogP contribution in [0.25, 0.3) is 0 Å². The minimum absolute atomic E-state index is 0. The molecule has 0 atom stereocenters. The fourth-order valence-corrected chi connectivity index (χ4v) is 1.45. The highest BCUT2D eigenvalue weighted by molar-refractivity contribution is 14.0. The van der Waals surface area contributed by atoms with Gasteiger partial charge in [-0.25, -0.2) is 9.98 Å². The van der Waals surface area contributed by atoms with Crippen LogP contribution in [0.5, 0.6) is 5.88 Å². The molecule has 0 aromatic carbocycles. The van der Waals surface area contributed by atoms with Crippen LogP contribution >= 0.6 is 24.0 Å². The molecule has 120 valence electrons. The van der Waals surface area contributed by atoms with Gasteiger partial charge in [0.25, 0.3) is 0 Å². The number of nitrogens with two attached hydrogens (primary N) is 1. The lowest BCUT2D eigenvalue weighted by molar-refractivity contribution is 0.253. The number of hydrogen-bond acceptors (Lipinski definition) is 4. The summed E-state index contributed by atoms with van der Waals surface area (Å²) in [6.45, 7) is 4.92. The zero-order chi connectivity index (χ0) is 14.8. The summed E-state index contributed by atoms with van der Waals surface area (Å²) in [6, 6.07) is 3.81. The van der Waals surface area contributed by atoms with Gasteiger partial charge >= 0.3 is 0 Å². The first-order valence-electron chi connectivity index (χ1n) is 6.88. The number of likely N-dealkylation sites (N-methyl/N-ethyl adjacent to an activating group) is 1. The molecule has 0 bridgehead atoms. The Morgan fingerprint density at radius 3 is 2.90 bits per heavy atom. The summed E-state index contributed by atoms with van der Waals surface area (Å²) in [5.74, 6) is 1.10. The van der Waals surface area contributed by atoms with E-state index in [4.69, 9.17) is 10.5 Å². The molecular weight excluding hydrogens is 381 g/mol. The summed E-state index contributed by atoms with van der Waals surface area (Å²) in [4.78, 5) is 10.5. The third-order valence-corrected chi connectivity index (χ3v) is 2.58. The van der Waals surface area contributed by atoms with E-state index >= 15 is 0 Å². The van der Waals surface area contributed by atoms with Gasteiger partial charge in [0.15, 0.2) is 5.96 Å². The average molecular weight is 407 g/mol. The predicted molar refractivity (Wildman–Crippen MR) is 97.3 cm³/mol. The normalized spacial score (nSPS) is 11.1. The molecule has 0 aliphatic carbocycles. The summed E-state index contributed by atoms with van der Waals surface area (Å²) in [5, 5.41) is 3.04. The van der Waals surface area contributed by atoms with Crippen molar-refractivity contribution in [3.8, 4) is 5.88 Å². The van der Waals surface area contributed by atoms with E-state index < -0.39 is 0 Å². The first-order valence-corrected chi connectivity index (χ1v) is 6.88. The van der Waals surface area contributed by atoms with Gasteiger partial charge in [0.2, 0.25) is 5.88 Å². The van der Waals surface area contributed by atoms with E-state index in [2.05, 4.69) is 27.1 Å². The first-order chi connectivity index (χ1) is 9.61. The molecule has 7 heteroatoms. The largest absolute Gasteiger partial charge is 0.476 e. The lowest BCUT2D eigenvalue weighted by Gasteiger charge is -2.10. The Labute approximate surface area is 144 Å². The van der Waals surface area contributed by atoms with Gasteiger partial charge in [0.05, 0.1) is 6.54 Å². The van der Waals surface area contributed by atoms with Gasteiger partial charge in [-0.2, -0.15) is 0 Å². The van der Waals surface area contributed by atoms with E-state index in [1.54, 1.807) is 6.20 Å². The Balaban J connectivity index is 0.00000400. The van der Waals surface area contributed by atoms with Crippen LogP contribution in [-0.2, 0) is 6.54 Å². The molecule has 6 nitrogen and oxygen atoms in total. The van der Waals surface area contributed by atoms with Gasteiger partial charge in [-0.1, -0.05) is 6.92 Å². The highest BCUT2D eigenvalue weighted by Gasteiger charge is 1.99. The smallest absolute Gasteiger partial charge is 0.213 e. The third-order valence-electron chi connectivity index (χ3n) is 2.58. The number of nitrogens with zero attached hydrogens (tertiary/aromatic N) is 3. The number of aliphatic imine (C=N–C) groups is 1. The number of nitrogens with one attached hydrogen (secondary N) is 1. The number of pyridine rings is 1. The van der Waals surface area contributed by atoms with Crippen molar-refractivity contribution in [1.82, 2.24) is 15.2 Å². The second-order valence-electron chi connectivity index (χ2n) is 4.78. The van der Waals surface area contributed by atoms with Crippen LogP contribution in [0, 0.1) is 0 Å². The molecule has 3 N–H and O–H groups in total. The van der Waals surface area contributed by atoms with Crippen LogP contribution < -0.4 is 15.8 Å². The number of ether oxygens (including phenoxy) is 1. The fourth-order valence-electron chi connectivity index (χ4n) is 1.45. The summed E-state index contributed by atoms with van der Waals surface area (Å²) >= 11 is 0. The van der Waals surface area contributed by atoms with E-state index in [1.165, 1.54) is 0 Å². The van der Waals surface area contributed by atoms with Crippen molar-refractivity contribution in [2.75, 3.05) is 33.8 Å². The molecule has 21 heavy (non-hydrogen) atoms. The second kappa shape index (κ2) is 11.6. The van der Waals surface area contributed by atoms with E-state index in [1.807, 2.05) is 26.2 Å². The Morgan fingerprint density at radius 1 is 1.48 bits per heavy atom. The number of guanidine groups is 1. The molecule has 1 rings (SSSR count). The van der Waals surface area contributed by atoms with Gasteiger partial charge in [-0.05, 0) is 32.1 Å². The second-order valence-corrected chi connectivity index (χ2v) is 4.78. The Morgan fingerprint density at radius 2 is 2.24 bits per heavy atom. The van der Waals surface area contributed by atoms with Gasteiger partial charge in [0, 0.05) is 25.4 Å². The molecule has 0 unspecified atom stereocenters. The first kappa shape index (κ1) is 19.9. The number of hydrogen-bond donors (Lipinski definition) is 2. The molecule has 1 aromatic heterocycles. The zero-order valence-corrected chi connectivity index (χ0v) is 15.3. The summed E-state index contributed by atoms with van der Waals surface area (Å²) in [6.07, 6.45) is 2.75. The summed E-state index contributed by atoms with van der Waals surface area (Å²) in [7, 11) is 4.02. The Kier molecular flexibility index (Phi) is 11.0. The maximum absolute atomic E-state index is 5.75. The van der Waals surface area contributed by atoms with Crippen LogP contribution in [0.3, 0.4) is 0 Å². The zero-order valence-electron chi connectivity index (χ0n) is 13.0. The molecule has 1 heterocycles. The maximum Gasteiger partial charge on any atom is 0.213 e. The quantitative estimate of drug-likeness (QED) is 0.388. The molecule has 0 spiro atoms. The topological polar surface area (TPSA) is 75.8 Å². The number of aromatic nitrogens is 1. The Hall–Kier alpha value is -1.09. The summed E-state index contributed by atoms with van der Waals surface area (Å²) in [5.41, 5.74) is 6.77. The van der Waals surface area contributed by atoms with Gasteiger partial charge in [-0.3, -0.25) is 0 Å². The minimum atomic E-state index is 0. The highest BCUT2D eigenvalue weighted by atomic mass is 127. The van der Waals surface area contributed by atoms with Crippen molar-refractivity contribution < 1.29 is 4.74 Å². The van der Waals surface area contributed by atoms with Crippen LogP contribution in [0.15, 0.2) is 23.3 Å². The molecule has 0 saturated heterocycles. The van der Waals surface area contributed by atoms with Gasteiger partial charge in [-0.15, -0.1) is 24.0 Å². The van der Waals surface area contributed by atoms with Crippen molar-refractivity contribution in [1.29, 1.82) is 0 Å². The predicted octanol–water partition coefficient (Wildman–Crippen LogP) is 1.45. The SMILES string of the molecule is CCCNC(N)=NCc1ccnc(OCCN(C)C)c1.I. The van der Waals surface area contributed by atoms with Crippen molar-refractivity contribution in [3.05, 3.63) is 23.9 Å². The van der Waals surface area contributed by atoms with E-state index in [9.17, 15) is 0 Å². The van der Waals surface area contributed by atoms with Crippen molar-refractivity contribution in [2.24, 2.45) is 10.7 Å². The van der Waals surface area contributed by atoms with Crippen molar-refractivity contribution in [2.45, 2.75) is 19.9 Å². The van der Waals surface area contributed by atoms with E-state index in [-0.39, 0.29) is 24.0 Å².